The van der Waals surface area contributed by atoms with E-state index in [1.165, 1.54) is 0 Å². The second-order valence-electron chi connectivity index (χ2n) is 6.55. The molecule has 146 valence electrons. The van der Waals surface area contributed by atoms with Crippen molar-refractivity contribution in [3.8, 4) is 11.3 Å². The molecular formula is C22H21N5O2. The smallest absolute Gasteiger partial charge is 0.252 e. The van der Waals surface area contributed by atoms with Crippen LogP contribution in [0.3, 0.4) is 0 Å². The summed E-state index contributed by atoms with van der Waals surface area (Å²) in [6.45, 7) is 1.46. The minimum Gasteiger partial charge on any atom is -0.383 e. The van der Waals surface area contributed by atoms with E-state index < -0.39 is 0 Å². The molecule has 1 amide bonds. The van der Waals surface area contributed by atoms with Crippen LogP contribution in [-0.2, 0) is 17.8 Å². The van der Waals surface area contributed by atoms with Crippen LogP contribution in [0.4, 0.5) is 0 Å². The van der Waals surface area contributed by atoms with Crippen LogP contribution in [0.2, 0.25) is 0 Å². The second kappa shape index (κ2) is 8.62. The normalized spacial score (nSPS) is 10.9. The summed E-state index contributed by atoms with van der Waals surface area (Å²) < 4.78 is 6.96. The lowest BCUT2D eigenvalue weighted by Crippen LogP contribution is -2.25. The van der Waals surface area contributed by atoms with Gasteiger partial charge in [0.1, 0.15) is 6.33 Å². The van der Waals surface area contributed by atoms with E-state index in [4.69, 9.17) is 9.72 Å². The van der Waals surface area contributed by atoms with Crippen molar-refractivity contribution in [2.45, 2.75) is 13.1 Å². The molecule has 4 aromatic rings. The molecule has 0 aliphatic heterocycles. The van der Waals surface area contributed by atoms with Crippen LogP contribution < -0.4 is 5.32 Å². The molecule has 0 saturated heterocycles. The number of fused-ring (bicyclic) bond motifs is 1. The molecule has 0 spiro atoms. The predicted molar refractivity (Wildman–Crippen MR) is 110 cm³/mol. The highest BCUT2D eigenvalue weighted by Gasteiger charge is 2.15. The summed E-state index contributed by atoms with van der Waals surface area (Å²) in [6.07, 6.45) is 1.63. The number of para-hydroxylation sites is 1. The average molecular weight is 387 g/mol. The first-order chi connectivity index (χ1) is 14.3. The molecule has 1 N–H and O–H groups in total. The molecular weight excluding hydrogens is 366 g/mol. The Morgan fingerprint density at radius 1 is 1.10 bits per heavy atom. The first kappa shape index (κ1) is 18.8. The number of rotatable bonds is 7. The lowest BCUT2D eigenvalue weighted by Gasteiger charge is -2.11. The van der Waals surface area contributed by atoms with Gasteiger partial charge >= 0.3 is 0 Å². The molecule has 4 rings (SSSR count). The zero-order valence-electron chi connectivity index (χ0n) is 16.1. The molecule has 2 aromatic heterocycles. The highest BCUT2D eigenvalue weighted by molar-refractivity contribution is 6.07. The molecule has 7 nitrogen and oxygen atoms in total. The number of carbonyl (C=O) groups is 1. The van der Waals surface area contributed by atoms with Gasteiger partial charge in [0.2, 0.25) is 0 Å². The molecule has 29 heavy (non-hydrogen) atoms. The van der Waals surface area contributed by atoms with Gasteiger partial charge in [0.05, 0.1) is 29.9 Å². The van der Waals surface area contributed by atoms with Gasteiger partial charge in [0.15, 0.2) is 5.82 Å². The standard InChI is InChI=1S/C22H21N5O2/c1-29-12-11-27-15-24-26-21(27)14-23-22(28)18-13-20(16-7-3-2-4-8-16)25-19-10-6-5-9-17(18)19/h2-10,13,15H,11-12,14H2,1H3,(H,23,28). The third-order valence-electron chi connectivity index (χ3n) is 4.67. The maximum atomic E-state index is 13.0. The zero-order chi connectivity index (χ0) is 20.1. The number of aromatic nitrogens is 4. The van der Waals surface area contributed by atoms with Gasteiger partial charge in [-0.25, -0.2) is 4.98 Å². The number of benzene rings is 2. The Morgan fingerprint density at radius 2 is 1.90 bits per heavy atom. The number of ether oxygens (including phenoxy) is 1. The third kappa shape index (κ3) is 4.14. The molecule has 0 fully saturated rings. The molecule has 2 aromatic carbocycles. The Labute approximate surface area is 168 Å². The van der Waals surface area contributed by atoms with Crippen LogP contribution >= 0.6 is 0 Å². The topological polar surface area (TPSA) is 81.9 Å². The molecule has 0 aliphatic rings. The van der Waals surface area contributed by atoms with Crippen molar-refractivity contribution < 1.29 is 9.53 Å². The molecule has 7 heteroatoms. The van der Waals surface area contributed by atoms with Crippen molar-refractivity contribution in [2.75, 3.05) is 13.7 Å². The van der Waals surface area contributed by atoms with Crippen LogP contribution in [0.25, 0.3) is 22.2 Å². The Kier molecular flexibility index (Phi) is 5.58. The van der Waals surface area contributed by atoms with Crippen molar-refractivity contribution in [1.29, 1.82) is 0 Å². The van der Waals surface area contributed by atoms with Crippen molar-refractivity contribution in [1.82, 2.24) is 25.1 Å². The Morgan fingerprint density at radius 3 is 2.72 bits per heavy atom. The van der Waals surface area contributed by atoms with Gasteiger partial charge in [-0.1, -0.05) is 48.5 Å². The number of nitrogens with zero attached hydrogens (tertiary/aromatic N) is 4. The maximum Gasteiger partial charge on any atom is 0.252 e. The van der Waals surface area contributed by atoms with E-state index in [1.54, 1.807) is 13.4 Å². The van der Waals surface area contributed by atoms with E-state index in [2.05, 4.69) is 15.5 Å². The summed E-state index contributed by atoms with van der Waals surface area (Å²) in [5, 5.41) is 11.8. The van der Waals surface area contributed by atoms with Gasteiger partial charge in [-0.2, -0.15) is 0 Å². The summed E-state index contributed by atoms with van der Waals surface area (Å²) >= 11 is 0. The number of methoxy groups -OCH3 is 1. The summed E-state index contributed by atoms with van der Waals surface area (Å²) in [6, 6.07) is 19.3. The zero-order valence-corrected chi connectivity index (χ0v) is 16.1. The Hall–Kier alpha value is -3.58. The highest BCUT2D eigenvalue weighted by Crippen LogP contribution is 2.24. The van der Waals surface area contributed by atoms with Gasteiger partial charge in [0, 0.05) is 24.6 Å². The Balaban J connectivity index is 1.62. The largest absolute Gasteiger partial charge is 0.383 e. The number of hydrogen-bond acceptors (Lipinski definition) is 5. The average Bonchev–Trinajstić information content (AvgIpc) is 3.23. The highest BCUT2D eigenvalue weighted by atomic mass is 16.5. The predicted octanol–water partition coefficient (Wildman–Crippen LogP) is 3.07. The summed E-state index contributed by atoms with van der Waals surface area (Å²) in [7, 11) is 1.64. The minimum absolute atomic E-state index is 0.179. The monoisotopic (exact) mass is 387 g/mol. The van der Waals surface area contributed by atoms with E-state index in [0.717, 1.165) is 22.2 Å². The van der Waals surface area contributed by atoms with Gasteiger partial charge < -0.3 is 14.6 Å². The number of nitrogens with one attached hydrogen (secondary N) is 1. The minimum atomic E-state index is -0.179. The summed E-state index contributed by atoms with van der Waals surface area (Å²) in [4.78, 5) is 17.8. The molecule has 0 aliphatic carbocycles. The second-order valence-corrected chi connectivity index (χ2v) is 6.55. The number of hydrogen-bond donors (Lipinski definition) is 1. The van der Waals surface area contributed by atoms with Crippen molar-refractivity contribution >= 4 is 16.8 Å². The van der Waals surface area contributed by atoms with Crippen LogP contribution in [0.1, 0.15) is 16.2 Å². The summed E-state index contributed by atoms with van der Waals surface area (Å²) in [5.41, 5.74) is 3.09. The van der Waals surface area contributed by atoms with Crippen LogP contribution in [0.15, 0.2) is 67.0 Å². The van der Waals surface area contributed by atoms with Crippen LogP contribution in [-0.4, -0.2) is 39.4 Å². The quantitative estimate of drug-likeness (QED) is 0.527. The number of carbonyl (C=O) groups excluding carboxylic acids is 1. The van der Waals surface area contributed by atoms with E-state index in [0.29, 0.717) is 24.5 Å². The fraction of sp³-hybridized carbons (Fsp3) is 0.182. The van der Waals surface area contributed by atoms with Crippen LogP contribution in [0, 0.1) is 0 Å². The molecule has 0 radical (unpaired) electrons. The van der Waals surface area contributed by atoms with Crippen molar-refractivity contribution in [3.05, 3.63) is 78.4 Å². The SMILES string of the molecule is COCCn1cnnc1CNC(=O)c1cc(-c2ccccc2)nc2ccccc12. The number of amides is 1. The van der Waals surface area contributed by atoms with E-state index >= 15 is 0 Å². The Bertz CT molecular complexity index is 1120. The molecule has 0 atom stereocenters. The van der Waals surface area contributed by atoms with Crippen molar-refractivity contribution in [2.24, 2.45) is 0 Å². The van der Waals surface area contributed by atoms with Crippen LogP contribution in [0.5, 0.6) is 0 Å². The molecule has 0 unspecified atom stereocenters. The maximum absolute atomic E-state index is 13.0. The lowest BCUT2D eigenvalue weighted by molar-refractivity contribution is 0.0951. The first-order valence-electron chi connectivity index (χ1n) is 9.35. The van der Waals surface area contributed by atoms with Gasteiger partial charge in [-0.3, -0.25) is 4.79 Å². The lowest BCUT2D eigenvalue weighted by atomic mass is 10.0. The molecule has 0 bridgehead atoms. The van der Waals surface area contributed by atoms with E-state index in [1.807, 2.05) is 65.2 Å². The van der Waals surface area contributed by atoms with Gasteiger partial charge in [0.25, 0.3) is 5.91 Å². The van der Waals surface area contributed by atoms with E-state index in [9.17, 15) is 4.79 Å². The fourth-order valence-corrected chi connectivity index (χ4v) is 3.17. The van der Waals surface area contributed by atoms with Crippen molar-refractivity contribution in [3.63, 3.8) is 0 Å². The molecule has 2 heterocycles. The first-order valence-corrected chi connectivity index (χ1v) is 9.35. The third-order valence-corrected chi connectivity index (χ3v) is 4.67. The summed E-state index contributed by atoms with van der Waals surface area (Å²) in [5.74, 6) is 0.499. The number of pyridine rings is 1. The fourth-order valence-electron chi connectivity index (χ4n) is 3.17. The van der Waals surface area contributed by atoms with Gasteiger partial charge in [-0.05, 0) is 12.1 Å². The van der Waals surface area contributed by atoms with Gasteiger partial charge in [-0.15, -0.1) is 10.2 Å². The molecule has 0 saturated carbocycles. The van der Waals surface area contributed by atoms with E-state index in [-0.39, 0.29) is 12.5 Å².